The average molecular weight is 325 g/mol. The molecule has 0 spiro atoms. The van der Waals surface area contributed by atoms with Crippen LogP contribution in [0.3, 0.4) is 0 Å². The fourth-order valence-electron chi connectivity index (χ4n) is 3.02. The van der Waals surface area contributed by atoms with Crippen molar-refractivity contribution in [3.05, 3.63) is 60.2 Å². The Hall–Kier alpha value is -2.27. The molecule has 1 aliphatic rings. The molecule has 0 unspecified atom stereocenters. The predicted octanol–water partition coefficient (Wildman–Crippen LogP) is 2.13. The Kier molecular flexibility index (Phi) is 5.90. The van der Waals surface area contributed by atoms with Crippen molar-refractivity contribution < 1.29 is 9.53 Å². The maximum atomic E-state index is 12.6. The molecule has 1 aromatic heterocycles. The zero-order chi connectivity index (χ0) is 16.6. The van der Waals surface area contributed by atoms with Gasteiger partial charge in [0.25, 0.3) is 0 Å². The number of aromatic nitrogens is 2. The lowest BCUT2D eigenvalue weighted by molar-refractivity contribution is -0.131. The third kappa shape index (κ3) is 4.86. The maximum Gasteiger partial charge on any atom is 0.222 e. The quantitative estimate of drug-likeness (QED) is 0.845. The van der Waals surface area contributed by atoms with Gasteiger partial charge in [0.2, 0.25) is 5.91 Å². The van der Waals surface area contributed by atoms with Gasteiger partial charge in [0, 0.05) is 37.3 Å². The highest BCUT2D eigenvalue weighted by Crippen LogP contribution is 2.14. The van der Waals surface area contributed by atoms with E-state index in [1.807, 2.05) is 29.2 Å². The molecule has 0 N–H and O–H groups in total. The Bertz CT molecular complexity index is 634. The summed E-state index contributed by atoms with van der Waals surface area (Å²) in [6, 6.07) is 12.1. The SMILES string of the molecule is O=C(CCc1ccccc1)N1CCOC[C@@H](Cc2ccncn2)C1. The molecule has 126 valence electrons. The van der Waals surface area contributed by atoms with E-state index in [1.165, 1.54) is 5.56 Å². The lowest BCUT2D eigenvalue weighted by Crippen LogP contribution is -2.36. The summed E-state index contributed by atoms with van der Waals surface area (Å²) in [7, 11) is 0. The molecule has 0 saturated carbocycles. The van der Waals surface area contributed by atoms with E-state index < -0.39 is 0 Å². The maximum absolute atomic E-state index is 12.6. The molecule has 1 saturated heterocycles. The Morgan fingerprint density at radius 2 is 2.12 bits per heavy atom. The van der Waals surface area contributed by atoms with Crippen molar-refractivity contribution in [2.24, 2.45) is 5.92 Å². The summed E-state index contributed by atoms with van der Waals surface area (Å²) in [6.07, 6.45) is 5.46. The van der Waals surface area contributed by atoms with Crippen molar-refractivity contribution in [2.75, 3.05) is 26.3 Å². The summed E-state index contributed by atoms with van der Waals surface area (Å²) >= 11 is 0. The molecule has 1 aliphatic heterocycles. The number of carbonyl (C=O) groups is 1. The van der Waals surface area contributed by atoms with Gasteiger partial charge >= 0.3 is 0 Å². The van der Waals surface area contributed by atoms with E-state index in [1.54, 1.807) is 12.5 Å². The Balaban J connectivity index is 1.54. The summed E-state index contributed by atoms with van der Waals surface area (Å²) in [4.78, 5) is 22.7. The van der Waals surface area contributed by atoms with Crippen LogP contribution in [0.5, 0.6) is 0 Å². The van der Waals surface area contributed by atoms with Crippen LogP contribution in [0.4, 0.5) is 0 Å². The van der Waals surface area contributed by atoms with Gasteiger partial charge in [-0.1, -0.05) is 30.3 Å². The highest BCUT2D eigenvalue weighted by molar-refractivity contribution is 5.76. The minimum Gasteiger partial charge on any atom is -0.379 e. The molecule has 1 fully saturated rings. The van der Waals surface area contributed by atoms with Crippen LogP contribution in [0.1, 0.15) is 17.7 Å². The van der Waals surface area contributed by atoms with Crippen LogP contribution >= 0.6 is 0 Å². The number of aryl methyl sites for hydroxylation is 1. The van der Waals surface area contributed by atoms with Crippen molar-refractivity contribution >= 4 is 5.91 Å². The monoisotopic (exact) mass is 325 g/mol. The number of ether oxygens (including phenoxy) is 1. The van der Waals surface area contributed by atoms with Gasteiger partial charge in [0.05, 0.1) is 13.2 Å². The zero-order valence-corrected chi connectivity index (χ0v) is 13.8. The van der Waals surface area contributed by atoms with Gasteiger partial charge in [-0.05, 0) is 24.5 Å². The van der Waals surface area contributed by atoms with Crippen LogP contribution in [0.2, 0.25) is 0 Å². The molecule has 3 rings (SSSR count). The van der Waals surface area contributed by atoms with E-state index in [4.69, 9.17) is 4.74 Å². The van der Waals surface area contributed by atoms with Gasteiger partial charge in [-0.15, -0.1) is 0 Å². The fraction of sp³-hybridized carbons (Fsp3) is 0.421. The molecule has 2 aromatic rings. The molecule has 5 nitrogen and oxygen atoms in total. The van der Waals surface area contributed by atoms with E-state index in [2.05, 4.69) is 22.1 Å². The minimum absolute atomic E-state index is 0.206. The average Bonchev–Trinajstić information content (AvgIpc) is 2.87. The second-order valence-corrected chi connectivity index (χ2v) is 6.17. The predicted molar refractivity (Wildman–Crippen MR) is 91.4 cm³/mol. The smallest absolute Gasteiger partial charge is 0.222 e. The number of amides is 1. The molecule has 1 atom stereocenters. The van der Waals surface area contributed by atoms with Crippen molar-refractivity contribution in [1.82, 2.24) is 14.9 Å². The van der Waals surface area contributed by atoms with Crippen LogP contribution in [-0.2, 0) is 22.4 Å². The topological polar surface area (TPSA) is 55.3 Å². The first-order valence-corrected chi connectivity index (χ1v) is 8.45. The van der Waals surface area contributed by atoms with E-state index in [0.717, 1.165) is 25.1 Å². The first kappa shape index (κ1) is 16.6. The third-order valence-corrected chi connectivity index (χ3v) is 4.30. The normalized spacial score (nSPS) is 18.2. The van der Waals surface area contributed by atoms with Crippen LogP contribution in [0.15, 0.2) is 48.9 Å². The Labute approximate surface area is 142 Å². The number of nitrogens with zero attached hydrogens (tertiary/aromatic N) is 3. The van der Waals surface area contributed by atoms with Crippen molar-refractivity contribution in [3.8, 4) is 0 Å². The highest BCUT2D eigenvalue weighted by Gasteiger charge is 2.22. The molecule has 0 radical (unpaired) electrons. The van der Waals surface area contributed by atoms with Gasteiger partial charge in [0.15, 0.2) is 0 Å². The second kappa shape index (κ2) is 8.55. The molecule has 0 aliphatic carbocycles. The van der Waals surface area contributed by atoms with E-state index in [0.29, 0.717) is 26.2 Å². The van der Waals surface area contributed by atoms with E-state index in [9.17, 15) is 4.79 Å². The minimum atomic E-state index is 0.206. The summed E-state index contributed by atoms with van der Waals surface area (Å²) in [5.41, 5.74) is 2.20. The third-order valence-electron chi connectivity index (χ3n) is 4.30. The van der Waals surface area contributed by atoms with Crippen molar-refractivity contribution in [2.45, 2.75) is 19.3 Å². The lowest BCUT2D eigenvalue weighted by Gasteiger charge is -2.23. The molecule has 0 bridgehead atoms. The first-order valence-electron chi connectivity index (χ1n) is 8.45. The molecule has 24 heavy (non-hydrogen) atoms. The molecule has 5 heteroatoms. The first-order chi connectivity index (χ1) is 11.8. The standard InChI is InChI=1S/C19H23N3O2/c23-19(7-6-16-4-2-1-3-5-16)22-10-11-24-14-17(13-22)12-18-8-9-20-15-21-18/h1-5,8-9,15,17H,6-7,10-14H2/t17-/m0/s1. The van der Waals surface area contributed by atoms with E-state index in [-0.39, 0.29) is 11.8 Å². The number of hydrogen-bond donors (Lipinski definition) is 0. The highest BCUT2D eigenvalue weighted by atomic mass is 16.5. The molecule has 1 aromatic carbocycles. The molecular formula is C19H23N3O2. The van der Waals surface area contributed by atoms with Gasteiger partial charge in [0.1, 0.15) is 6.33 Å². The van der Waals surface area contributed by atoms with Gasteiger partial charge in [-0.2, -0.15) is 0 Å². The van der Waals surface area contributed by atoms with Crippen molar-refractivity contribution in [1.29, 1.82) is 0 Å². The molecular weight excluding hydrogens is 302 g/mol. The number of rotatable bonds is 5. The number of carbonyl (C=O) groups excluding carboxylic acids is 1. The number of benzene rings is 1. The van der Waals surface area contributed by atoms with Crippen LogP contribution in [0.25, 0.3) is 0 Å². The molecule has 2 heterocycles. The van der Waals surface area contributed by atoms with Crippen LogP contribution in [-0.4, -0.2) is 47.1 Å². The number of hydrogen-bond acceptors (Lipinski definition) is 4. The van der Waals surface area contributed by atoms with E-state index >= 15 is 0 Å². The summed E-state index contributed by atoms with van der Waals surface area (Å²) in [5.74, 6) is 0.486. The molecule has 1 amide bonds. The van der Waals surface area contributed by atoms with Gasteiger partial charge < -0.3 is 9.64 Å². The Morgan fingerprint density at radius 1 is 1.25 bits per heavy atom. The summed E-state index contributed by atoms with van der Waals surface area (Å²) in [6.45, 7) is 2.69. The van der Waals surface area contributed by atoms with Gasteiger partial charge in [-0.25, -0.2) is 9.97 Å². The van der Waals surface area contributed by atoms with Crippen molar-refractivity contribution in [3.63, 3.8) is 0 Å². The zero-order valence-electron chi connectivity index (χ0n) is 13.8. The lowest BCUT2D eigenvalue weighted by atomic mass is 10.0. The van der Waals surface area contributed by atoms with Crippen LogP contribution in [0, 0.1) is 5.92 Å². The van der Waals surface area contributed by atoms with Crippen LogP contribution < -0.4 is 0 Å². The fourth-order valence-corrected chi connectivity index (χ4v) is 3.02. The van der Waals surface area contributed by atoms with Gasteiger partial charge in [-0.3, -0.25) is 4.79 Å². The summed E-state index contributed by atoms with van der Waals surface area (Å²) in [5, 5.41) is 0. The second-order valence-electron chi connectivity index (χ2n) is 6.17. The Morgan fingerprint density at radius 3 is 2.92 bits per heavy atom. The summed E-state index contributed by atoms with van der Waals surface area (Å²) < 4.78 is 5.69. The largest absolute Gasteiger partial charge is 0.379 e.